The Labute approximate surface area is 320 Å². The number of fused-ring (bicyclic) bond motifs is 2. The molecular weight excluding hydrogens is 729 g/mol. The first-order valence-electron chi connectivity index (χ1n) is 16.5. The number of hydrogen-bond acceptors (Lipinski definition) is 0. The number of hydrogen-bond donors (Lipinski definition) is 0. The van der Waals surface area contributed by atoms with Gasteiger partial charge in [0.25, 0.3) is 0 Å². The summed E-state index contributed by atoms with van der Waals surface area (Å²) in [5.41, 5.74) is 12.6. The molecule has 6 rings (SSSR count). The third kappa shape index (κ3) is 6.92. The molecule has 4 aromatic rings. The summed E-state index contributed by atoms with van der Waals surface area (Å²) in [4.78, 5) is 0. The molecule has 2 aliphatic carbocycles. The fourth-order valence-electron chi connectivity index (χ4n) is 7.74. The van der Waals surface area contributed by atoms with Crippen LogP contribution in [0.4, 0.5) is 0 Å². The van der Waals surface area contributed by atoms with Crippen LogP contribution in [0.25, 0.3) is 17.2 Å². The lowest BCUT2D eigenvalue weighted by Crippen LogP contribution is -2.30. The van der Waals surface area contributed by atoms with Gasteiger partial charge in [-0.25, -0.2) is 0 Å². The number of benzene rings is 4. The third-order valence-corrected chi connectivity index (χ3v) is 10.9. The second-order valence-electron chi connectivity index (χ2n) is 15.3. The molecule has 0 saturated heterocycles. The lowest BCUT2D eigenvalue weighted by Gasteiger charge is -2.29. The monoisotopic (exact) mass is 766 g/mol. The fraction of sp³-hybridized carbons (Fsp3) is 0.302. The normalized spacial score (nSPS) is 14.4. The Morgan fingerprint density at radius 2 is 1.27 bits per heavy atom. The van der Waals surface area contributed by atoms with Gasteiger partial charge in [-0.2, -0.15) is 0 Å². The third-order valence-electron chi connectivity index (χ3n) is 9.61. The quantitative estimate of drug-likeness (QED) is 0.160. The zero-order valence-corrected chi connectivity index (χ0v) is 33.6. The standard InChI is InChI=1S/C43H40Cl6/c1-24-19-29-22-33-35(26-13-9-10-14-26)25(2)39(41(6,7)8)38(37(33)32(29)23-34(24)40(3,4)5)36(27-15-11-17-30(20-27)42(44,45)46)28-16-12-18-31(21-28)43(47,48)49/h9-13,15-23H,14H2,1-8H3. The SMILES string of the molecule is Cc1cc2c(cc1C(C)(C)C)=c1c(c(C3=CC=CC3)c(C)c(C(C)(C)C)c1=C(c1cccc(C(Cl)(Cl)Cl)c1)c1cccc(C(Cl)(Cl)Cl)c1)C=2. The molecule has 0 aliphatic heterocycles. The molecule has 0 nitrogen and oxygen atoms in total. The van der Waals surface area contributed by atoms with Crippen molar-refractivity contribution in [3.8, 4) is 0 Å². The Hall–Kier alpha value is -2.16. The highest BCUT2D eigenvalue weighted by Gasteiger charge is 2.31. The van der Waals surface area contributed by atoms with E-state index in [0.717, 1.165) is 28.3 Å². The van der Waals surface area contributed by atoms with E-state index < -0.39 is 7.59 Å². The molecule has 0 bridgehead atoms. The van der Waals surface area contributed by atoms with Crippen molar-refractivity contribution in [2.75, 3.05) is 0 Å². The van der Waals surface area contributed by atoms with E-state index in [1.807, 2.05) is 36.4 Å². The molecule has 0 N–H and O–H groups in total. The molecule has 0 amide bonds. The summed E-state index contributed by atoms with van der Waals surface area (Å²) in [6.07, 6.45) is 9.93. The van der Waals surface area contributed by atoms with Gasteiger partial charge in [-0.1, -0.05) is 172 Å². The van der Waals surface area contributed by atoms with Crippen molar-refractivity contribution in [3.05, 3.63) is 155 Å². The van der Waals surface area contributed by atoms with Crippen LogP contribution < -0.4 is 10.4 Å². The van der Waals surface area contributed by atoms with Crippen molar-refractivity contribution in [1.29, 1.82) is 0 Å². The van der Waals surface area contributed by atoms with Gasteiger partial charge in [-0.3, -0.25) is 0 Å². The molecule has 6 heteroatoms. The van der Waals surface area contributed by atoms with Crippen LogP contribution >= 0.6 is 69.6 Å². The van der Waals surface area contributed by atoms with E-state index in [9.17, 15) is 0 Å². The summed E-state index contributed by atoms with van der Waals surface area (Å²) < 4.78 is -3.23. The molecule has 0 unspecified atom stereocenters. The molecule has 0 heterocycles. The number of aryl methyl sites for hydroxylation is 1. The first-order valence-corrected chi connectivity index (χ1v) is 18.7. The largest absolute Gasteiger partial charge is 0.216 e. The second-order valence-corrected chi connectivity index (χ2v) is 19.9. The summed E-state index contributed by atoms with van der Waals surface area (Å²) in [7, 11) is 0. The van der Waals surface area contributed by atoms with E-state index in [1.165, 1.54) is 54.6 Å². The summed E-state index contributed by atoms with van der Waals surface area (Å²) in [5.74, 6) is 0. The van der Waals surface area contributed by atoms with Crippen molar-refractivity contribution < 1.29 is 0 Å². The molecule has 4 aromatic carbocycles. The number of alkyl halides is 6. The number of allylic oxidation sites excluding steroid dienone is 4. The molecule has 0 aromatic heterocycles. The molecule has 0 saturated carbocycles. The van der Waals surface area contributed by atoms with E-state index in [4.69, 9.17) is 69.6 Å². The smallest absolute Gasteiger partial charge is 0.0801 e. The first-order chi connectivity index (χ1) is 22.7. The van der Waals surface area contributed by atoms with Crippen LogP contribution in [-0.4, -0.2) is 0 Å². The van der Waals surface area contributed by atoms with Gasteiger partial charge in [0.1, 0.15) is 0 Å². The Morgan fingerprint density at radius 1 is 0.694 bits per heavy atom. The van der Waals surface area contributed by atoms with Gasteiger partial charge >= 0.3 is 0 Å². The van der Waals surface area contributed by atoms with Gasteiger partial charge in [-0.15, -0.1) is 0 Å². The maximum atomic E-state index is 6.52. The zero-order valence-electron chi connectivity index (χ0n) is 29.1. The Morgan fingerprint density at radius 3 is 1.73 bits per heavy atom. The number of rotatable bonds is 3. The summed E-state index contributed by atoms with van der Waals surface area (Å²) in [6, 6.07) is 20.5. The summed E-state index contributed by atoms with van der Waals surface area (Å²) in [6.45, 7) is 18.2. The van der Waals surface area contributed by atoms with Gasteiger partial charge in [0, 0.05) is 11.1 Å². The van der Waals surface area contributed by atoms with Crippen molar-refractivity contribution in [3.63, 3.8) is 0 Å². The molecule has 254 valence electrons. The maximum absolute atomic E-state index is 6.52. The van der Waals surface area contributed by atoms with Crippen molar-refractivity contribution in [2.45, 2.75) is 80.2 Å². The van der Waals surface area contributed by atoms with Crippen LogP contribution in [0.1, 0.15) is 104 Å². The molecule has 2 aliphatic rings. The molecule has 0 fully saturated rings. The van der Waals surface area contributed by atoms with E-state index in [0.29, 0.717) is 11.1 Å². The van der Waals surface area contributed by atoms with E-state index >= 15 is 0 Å². The van der Waals surface area contributed by atoms with E-state index in [2.05, 4.69) is 104 Å². The van der Waals surface area contributed by atoms with Gasteiger partial charge in [-0.05, 0) is 132 Å². The average molecular weight is 770 g/mol. The van der Waals surface area contributed by atoms with Crippen LogP contribution in [0.2, 0.25) is 0 Å². The highest BCUT2D eigenvalue weighted by atomic mass is 35.6. The second kappa shape index (κ2) is 12.8. The maximum Gasteiger partial charge on any atom is 0.216 e. The molecule has 0 atom stereocenters. The lowest BCUT2D eigenvalue weighted by molar-refractivity contribution is 0.580. The highest BCUT2D eigenvalue weighted by molar-refractivity contribution is 6.67. The minimum absolute atomic E-state index is 0.0513. The highest BCUT2D eigenvalue weighted by Crippen LogP contribution is 2.43. The molecule has 0 radical (unpaired) electrons. The van der Waals surface area contributed by atoms with Crippen LogP contribution in [0.3, 0.4) is 0 Å². The zero-order chi connectivity index (χ0) is 35.8. The van der Waals surface area contributed by atoms with Gasteiger partial charge in [0.15, 0.2) is 0 Å². The van der Waals surface area contributed by atoms with Crippen LogP contribution in [-0.2, 0) is 18.4 Å². The predicted octanol–water partition coefficient (Wildman–Crippen LogP) is 12.6. The number of halogens is 6. The van der Waals surface area contributed by atoms with Crippen LogP contribution in [0, 0.1) is 24.3 Å². The topological polar surface area (TPSA) is 0 Å². The predicted molar refractivity (Wildman–Crippen MR) is 215 cm³/mol. The Kier molecular flexibility index (Phi) is 9.57. The van der Waals surface area contributed by atoms with Crippen LogP contribution in [0.15, 0.2) is 78.9 Å². The van der Waals surface area contributed by atoms with Gasteiger partial charge in [0.05, 0.1) is 0 Å². The Balaban J connectivity index is 2.01. The lowest BCUT2D eigenvalue weighted by atomic mass is 9.75. The molecule has 0 spiro atoms. The minimum Gasteiger partial charge on any atom is -0.0801 e. The van der Waals surface area contributed by atoms with E-state index in [-0.39, 0.29) is 10.8 Å². The molecular formula is C43H40Cl6. The van der Waals surface area contributed by atoms with Crippen molar-refractivity contribution in [1.82, 2.24) is 0 Å². The Bertz CT molecular complexity index is 2240. The van der Waals surface area contributed by atoms with Crippen molar-refractivity contribution in [2.24, 2.45) is 0 Å². The molecule has 49 heavy (non-hydrogen) atoms. The first kappa shape index (κ1) is 36.6. The summed E-state index contributed by atoms with van der Waals surface area (Å²) >= 11 is 39.1. The van der Waals surface area contributed by atoms with Gasteiger partial charge in [0.2, 0.25) is 7.59 Å². The van der Waals surface area contributed by atoms with Crippen LogP contribution in [0.5, 0.6) is 0 Å². The van der Waals surface area contributed by atoms with E-state index in [1.54, 1.807) is 0 Å². The fourth-order valence-corrected chi connectivity index (χ4v) is 8.45. The minimum atomic E-state index is -1.61. The van der Waals surface area contributed by atoms with Gasteiger partial charge < -0.3 is 0 Å². The van der Waals surface area contributed by atoms with Crippen molar-refractivity contribution >= 4 is 86.8 Å². The summed E-state index contributed by atoms with van der Waals surface area (Å²) in [5, 5.41) is 4.76. The average Bonchev–Trinajstić information content (AvgIpc) is 3.63.